The van der Waals surface area contributed by atoms with Gasteiger partial charge in [0.2, 0.25) is 10.0 Å². The second kappa shape index (κ2) is 13.7. The highest BCUT2D eigenvalue weighted by atomic mass is 32.2. The van der Waals surface area contributed by atoms with Gasteiger partial charge in [-0.1, -0.05) is 60.2 Å². The van der Waals surface area contributed by atoms with Gasteiger partial charge in [0.25, 0.3) is 5.91 Å². The van der Waals surface area contributed by atoms with E-state index in [9.17, 15) is 17.6 Å². The highest BCUT2D eigenvalue weighted by molar-refractivity contribution is 7.89. The fraction of sp³-hybridized carbons (Fsp3) is 0.161. The number of benzene rings is 4. The molecule has 0 unspecified atom stereocenters. The molecule has 212 valence electrons. The average molecular weight is 576 g/mol. The number of sulfonamides is 1. The molecule has 0 saturated carbocycles. The lowest BCUT2D eigenvalue weighted by atomic mass is 10.2. The summed E-state index contributed by atoms with van der Waals surface area (Å²) in [7, 11) is -2.52. The molecule has 4 rings (SSSR count). The van der Waals surface area contributed by atoms with Crippen molar-refractivity contribution < 1.29 is 27.1 Å². The number of carbonyl (C=O) groups excluding carboxylic acids is 1. The number of halogens is 1. The Morgan fingerprint density at radius 2 is 1.63 bits per heavy atom. The summed E-state index contributed by atoms with van der Waals surface area (Å²) in [6.07, 6.45) is 1.42. The third-order valence-electron chi connectivity index (χ3n) is 6.08. The van der Waals surface area contributed by atoms with Gasteiger partial charge in [-0.05, 0) is 66.1 Å². The van der Waals surface area contributed by atoms with Crippen molar-refractivity contribution in [3.8, 4) is 11.5 Å². The number of rotatable bonds is 12. The minimum atomic E-state index is -4.04. The van der Waals surface area contributed by atoms with Gasteiger partial charge in [0.15, 0.2) is 11.5 Å². The van der Waals surface area contributed by atoms with Gasteiger partial charge in [0, 0.05) is 6.54 Å². The van der Waals surface area contributed by atoms with Crippen LogP contribution in [0.15, 0.2) is 107 Å². The lowest BCUT2D eigenvalue weighted by Gasteiger charge is -2.21. The summed E-state index contributed by atoms with van der Waals surface area (Å²) < 4.78 is 52.5. The molecular formula is C31H30FN3O5S. The number of carbonyl (C=O) groups is 1. The van der Waals surface area contributed by atoms with Gasteiger partial charge in [0.05, 0.1) is 24.8 Å². The number of nitrogens with one attached hydrogen (secondary N) is 1. The van der Waals surface area contributed by atoms with E-state index >= 15 is 0 Å². The van der Waals surface area contributed by atoms with Gasteiger partial charge in [-0.2, -0.15) is 9.41 Å². The number of hydrazone groups is 1. The molecule has 0 fully saturated rings. The van der Waals surface area contributed by atoms with Gasteiger partial charge in [-0.3, -0.25) is 4.79 Å². The molecule has 10 heteroatoms. The Bertz CT molecular complexity index is 1590. The topological polar surface area (TPSA) is 97.3 Å². The molecule has 0 aromatic heterocycles. The number of aryl methyl sites for hydroxylation is 1. The number of nitrogens with zero attached hydrogens (tertiary/aromatic N) is 2. The van der Waals surface area contributed by atoms with Crippen molar-refractivity contribution in [2.45, 2.75) is 25.0 Å². The normalized spacial score (nSPS) is 11.5. The smallest absolute Gasteiger partial charge is 0.255 e. The Kier molecular flexibility index (Phi) is 9.83. The van der Waals surface area contributed by atoms with Gasteiger partial charge in [-0.25, -0.2) is 18.2 Å². The standard InChI is InChI=1S/C31H30FN3O5S/c1-23-8-15-28(16-9-23)41(37,38)35(20-24-10-13-27(32)14-11-24)21-31(36)34-33-19-26-12-17-29(30(18-26)39-2)40-22-25-6-4-3-5-7-25/h3-19H,20-22H2,1-2H3,(H,34,36)/b33-19-. The predicted molar refractivity (Wildman–Crippen MR) is 155 cm³/mol. The van der Waals surface area contributed by atoms with Crippen LogP contribution in [0, 0.1) is 12.7 Å². The maximum absolute atomic E-state index is 13.4. The Morgan fingerprint density at radius 1 is 0.927 bits per heavy atom. The van der Waals surface area contributed by atoms with E-state index in [4.69, 9.17) is 9.47 Å². The third kappa shape index (κ3) is 8.23. The van der Waals surface area contributed by atoms with Crippen LogP contribution in [0.5, 0.6) is 11.5 Å². The van der Waals surface area contributed by atoms with E-state index < -0.39 is 28.3 Å². The molecule has 0 bridgehead atoms. The third-order valence-corrected chi connectivity index (χ3v) is 7.88. The maximum atomic E-state index is 13.4. The molecule has 4 aromatic carbocycles. The second-order valence-corrected chi connectivity index (χ2v) is 11.1. The van der Waals surface area contributed by atoms with Crippen LogP contribution < -0.4 is 14.9 Å². The highest BCUT2D eigenvalue weighted by Crippen LogP contribution is 2.28. The lowest BCUT2D eigenvalue weighted by molar-refractivity contribution is -0.121. The number of hydrogen-bond acceptors (Lipinski definition) is 6. The van der Waals surface area contributed by atoms with E-state index in [-0.39, 0.29) is 11.4 Å². The van der Waals surface area contributed by atoms with Crippen molar-refractivity contribution in [3.63, 3.8) is 0 Å². The summed E-state index contributed by atoms with van der Waals surface area (Å²) in [5.41, 5.74) is 5.45. The molecule has 1 N–H and O–H groups in total. The minimum absolute atomic E-state index is 0.0446. The van der Waals surface area contributed by atoms with Crippen LogP contribution in [0.3, 0.4) is 0 Å². The summed E-state index contributed by atoms with van der Waals surface area (Å²) in [5.74, 6) is -0.0452. The van der Waals surface area contributed by atoms with E-state index in [1.807, 2.05) is 37.3 Å². The molecule has 8 nitrogen and oxygen atoms in total. The Hall–Kier alpha value is -4.54. The molecule has 0 aliphatic rings. The Morgan fingerprint density at radius 3 is 2.32 bits per heavy atom. The molecule has 41 heavy (non-hydrogen) atoms. The number of hydrogen-bond donors (Lipinski definition) is 1. The zero-order valence-electron chi connectivity index (χ0n) is 22.7. The Labute approximate surface area is 239 Å². The van der Waals surface area contributed by atoms with Crippen LogP contribution >= 0.6 is 0 Å². The van der Waals surface area contributed by atoms with Crippen molar-refractivity contribution in [1.82, 2.24) is 9.73 Å². The van der Waals surface area contributed by atoms with E-state index in [0.29, 0.717) is 29.2 Å². The average Bonchev–Trinajstić information content (AvgIpc) is 2.98. The zero-order valence-corrected chi connectivity index (χ0v) is 23.5. The largest absolute Gasteiger partial charge is 0.493 e. The van der Waals surface area contributed by atoms with Gasteiger partial charge in [-0.15, -0.1) is 0 Å². The fourth-order valence-corrected chi connectivity index (χ4v) is 5.26. The monoisotopic (exact) mass is 575 g/mol. The van der Waals surface area contributed by atoms with E-state index in [2.05, 4.69) is 10.5 Å². The number of amides is 1. The van der Waals surface area contributed by atoms with Crippen molar-refractivity contribution in [1.29, 1.82) is 0 Å². The number of ether oxygens (including phenoxy) is 2. The van der Waals surface area contributed by atoms with Crippen LogP contribution in [-0.2, 0) is 28.0 Å². The Balaban J connectivity index is 1.43. The first-order valence-electron chi connectivity index (χ1n) is 12.7. The first-order chi connectivity index (χ1) is 19.7. The van der Waals surface area contributed by atoms with Gasteiger partial charge >= 0.3 is 0 Å². The van der Waals surface area contributed by atoms with Crippen LogP contribution in [-0.4, -0.2) is 38.5 Å². The predicted octanol–water partition coefficient (Wildman–Crippen LogP) is 5.06. The van der Waals surface area contributed by atoms with Crippen LogP contribution in [0.1, 0.15) is 22.3 Å². The zero-order chi connectivity index (χ0) is 29.2. The van der Waals surface area contributed by atoms with E-state index in [1.165, 1.54) is 49.7 Å². The lowest BCUT2D eigenvalue weighted by Crippen LogP contribution is -2.39. The summed E-state index contributed by atoms with van der Waals surface area (Å²) in [6.45, 7) is 1.59. The molecule has 0 atom stereocenters. The van der Waals surface area contributed by atoms with Crippen molar-refractivity contribution in [3.05, 3.63) is 125 Å². The quantitative estimate of drug-likeness (QED) is 0.188. The van der Waals surface area contributed by atoms with Crippen LogP contribution in [0.2, 0.25) is 0 Å². The van der Waals surface area contributed by atoms with Gasteiger partial charge in [0.1, 0.15) is 12.4 Å². The van der Waals surface area contributed by atoms with Crippen molar-refractivity contribution >= 4 is 22.1 Å². The van der Waals surface area contributed by atoms with Crippen molar-refractivity contribution in [2.75, 3.05) is 13.7 Å². The second-order valence-electron chi connectivity index (χ2n) is 9.19. The molecule has 0 radical (unpaired) electrons. The SMILES string of the molecule is COc1cc(/C=N\NC(=O)CN(Cc2ccc(F)cc2)S(=O)(=O)c2ccc(C)cc2)ccc1OCc1ccccc1. The van der Waals surface area contributed by atoms with Crippen LogP contribution in [0.4, 0.5) is 4.39 Å². The number of methoxy groups -OCH3 is 1. The first kappa shape index (κ1) is 29.4. The molecule has 0 aliphatic heterocycles. The summed E-state index contributed by atoms with van der Waals surface area (Å²) >= 11 is 0. The molecule has 0 spiro atoms. The summed E-state index contributed by atoms with van der Waals surface area (Å²) in [5, 5.41) is 3.99. The van der Waals surface area contributed by atoms with Gasteiger partial charge < -0.3 is 9.47 Å². The molecule has 0 saturated heterocycles. The molecule has 1 amide bonds. The highest BCUT2D eigenvalue weighted by Gasteiger charge is 2.27. The summed E-state index contributed by atoms with van der Waals surface area (Å²) in [4.78, 5) is 12.8. The minimum Gasteiger partial charge on any atom is -0.493 e. The molecule has 4 aromatic rings. The van der Waals surface area contributed by atoms with E-state index in [0.717, 1.165) is 15.4 Å². The molecule has 0 heterocycles. The maximum Gasteiger partial charge on any atom is 0.255 e. The summed E-state index contributed by atoms with van der Waals surface area (Å²) in [6, 6.07) is 26.7. The van der Waals surface area contributed by atoms with E-state index in [1.54, 1.807) is 30.3 Å². The van der Waals surface area contributed by atoms with Crippen LogP contribution in [0.25, 0.3) is 0 Å². The molecular weight excluding hydrogens is 545 g/mol. The van der Waals surface area contributed by atoms with Crippen molar-refractivity contribution in [2.24, 2.45) is 5.10 Å². The fourth-order valence-electron chi connectivity index (χ4n) is 3.87. The first-order valence-corrected chi connectivity index (χ1v) is 14.2. The molecule has 0 aliphatic carbocycles.